The highest BCUT2D eigenvalue weighted by molar-refractivity contribution is 5.79. The average molecular weight is 251 g/mol. The van der Waals surface area contributed by atoms with Crippen LogP contribution in [0.5, 0.6) is 0 Å². The maximum absolute atomic E-state index is 12.1. The van der Waals surface area contributed by atoms with Gasteiger partial charge < -0.3 is 10.0 Å². The first-order chi connectivity index (χ1) is 8.58. The number of carboxylic acids is 1. The van der Waals surface area contributed by atoms with Crippen molar-refractivity contribution < 1.29 is 14.7 Å². The number of H-pyrrole nitrogens is 1. The number of piperidine rings is 1. The Morgan fingerprint density at radius 3 is 2.94 bits per heavy atom. The van der Waals surface area contributed by atoms with Crippen molar-refractivity contribution in [3.05, 3.63) is 18.0 Å². The van der Waals surface area contributed by atoms with Gasteiger partial charge in [-0.2, -0.15) is 5.10 Å². The summed E-state index contributed by atoms with van der Waals surface area (Å²) in [4.78, 5) is 24.8. The molecule has 1 aromatic rings. The molecule has 1 aromatic heterocycles. The smallest absolute Gasteiger partial charge is 0.306 e. The summed E-state index contributed by atoms with van der Waals surface area (Å²) in [6.45, 7) is 2.42. The van der Waals surface area contributed by atoms with E-state index in [4.69, 9.17) is 5.11 Å². The van der Waals surface area contributed by atoms with Crippen molar-refractivity contribution >= 4 is 11.9 Å². The van der Waals surface area contributed by atoms with Gasteiger partial charge in [-0.3, -0.25) is 14.7 Å². The molecule has 0 saturated carbocycles. The van der Waals surface area contributed by atoms with E-state index in [1.54, 1.807) is 17.2 Å². The van der Waals surface area contributed by atoms with Crippen LogP contribution in [-0.2, 0) is 16.0 Å². The molecule has 0 radical (unpaired) electrons. The number of amides is 1. The van der Waals surface area contributed by atoms with E-state index in [0.717, 1.165) is 5.69 Å². The normalized spacial score (nSPS) is 23.9. The quantitative estimate of drug-likeness (QED) is 0.826. The molecule has 6 heteroatoms. The predicted molar refractivity (Wildman–Crippen MR) is 63.8 cm³/mol. The van der Waals surface area contributed by atoms with Crippen molar-refractivity contribution in [1.29, 1.82) is 0 Å². The summed E-state index contributed by atoms with van der Waals surface area (Å²) >= 11 is 0. The number of aromatic amines is 1. The second kappa shape index (κ2) is 5.20. The number of nitrogens with zero attached hydrogens (tertiary/aromatic N) is 2. The van der Waals surface area contributed by atoms with Crippen LogP contribution < -0.4 is 0 Å². The third-order valence-electron chi connectivity index (χ3n) is 3.45. The number of carboxylic acid groups (broad SMARTS) is 1. The molecule has 1 aliphatic rings. The van der Waals surface area contributed by atoms with Crippen LogP contribution in [0.25, 0.3) is 0 Å². The number of carbonyl (C=O) groups excluding carboxylic acids is 1. The lowest BCUT2D eigenvalue weighted by molar-refractivity contribution is -0.147. The summed E-state index contributed by atoms with van der Waals surface area (Å²) in [7, 11) is 0. The third kappa shape index (κ3) is 2.69. The molecule has 98 valence electrons. The summed E-state index contributed by atoms with van der Waals surface area (Å²) in [6.07, 6.45) is 2.98. The van der Waals surface area contributed by atoms with Crippen molar-refractivity contribution in [1.82, 2.24) is 15.1 Å². The molecular weight excluding hydrogens is 234 g/mol. The second-order valence-corrected chi connectivity index (χ2v) is 4.75. The zero-order valence-electron chi connectivity index (χ0n) is 10.3. The van der Waals surface area contributed by atoms with Gasteiger partial charge in [-0.25, -0.2) is 0 Å². The van der Waals surface area contributed by atoms with E-state index in [1.807, 2.05) is 6.92 Å². The van der Waals surface area contributed by atoms with Crippen molar-refractivity contribution in [2.45, 2.75) is 32.2 Å². The number of likely N-dealkylation sites (tertiary alicyclic amines) is 1. The van der Waals surface area contributed by atoms with Crippen LogP contribution in [0.2, 0.25) is 0 Å². The minimum absolute atomic E-state index is 0.0183. The largest absolute Gasteiger partial charge is 0.481 e. The van der Waals surface area contributed by atoms with Crippen LogP contribution in [0.4, 0.5) is 0 Å². The zero-order valence-corrected chi connectivity index (χ0v) is 10.3. The molecule has 18 heavy (non-hydrogen) atoms. The first-order valence-corrected chi connectivity index (χ1v) is 6.08. The molecule has 1 saturated heterocycles. The van der Waals surface area contributed by atoms with Gasteiger partial charge in [-0.15, -0.1) is 0 Å². The average Bonchev–Trinajstić information content (AvgIpc) is 2.81. The summed E-state index contributed by atoms with van der Waals surface area (Å²) in [5.74, 6) is -1.06. The molecule has 2 atom stereocenters. The number of carbonyl (C=O) groups is 2. The maximum atomic E-state index is 12.1. The molecule has 0 bridgehead atoms. The van der Waals surface area contributed by atoms with E-state index in [1.165, 1.54) is 0 Å². The molecular formula is C12H17N3O3. The Kier molecular flexibility index (Phi) is 3.64. The van der Waals surface area contributed by atoms with Crippen LogP contribution in [0.3, 0.4) is 0 Å². The Balaban J connectivity index is 1.94. The summed E-state index contributed by atoms with van der Waals surface area (Å²) in [5.41, 5.74) is 0.785. The molecule has 6 nitrogen and oxygen atoms in total. The van der Waals surface area contributed by atoms with Crippen LogP contribution in [0, 0.1) is 5.92 Å². The molecule has 0 spiro atoms. The molecule has 0 aromatic carbocycles. The number of hydrogen-bond donors (Lipinski definition) is 2. The van der Waals surface area contributed by atoms with E-state index in [2.05, 4.69) is 10.2 Å². The van der Waals surface area contributed by atoms with E-state index in [0.29, 0.717) is 25.8 Å². The lowest BCUT2D eigenvalue weighted by Crippen LogP contribution is -2.46. The van der Waals surface area contributed by atoms with Gasteiger partial charge in [-0.1, -0.05) is 0 Å². The van der Waals surface area contributed by atoms with Gasteiger partial charge in [0, 0.05) is 24.5 Å². The highest BCUT2D eigenvalue weighted by Crippen LogP contribution is 2.23. The summed E-state index contributed by atoms with van der Waals surface area (Å²) in [6, 6.07) is 1.75. The fourth-order valence-electron chi connectivity index (χ4n) is 2.41. The fraction of sp³-hybridized carbons (Fsp3) is 0.583. The van der Waals surface area contributed by atoms with Gasteiger partial charge in [0.2, 0.25) is 5.91 Å². The van der Waals surface area contributed by atoms with Crippen molar-refractivity contribution in [2.75, 3.05) is 6.54 Å². The van der Waals surface area contributed by atoms with E-state index in [9.17, 15) is 9.59 Å². The van der Waals surface area contributed by atoms with Crippen LogP contribution in [0.15, 0.2) is 12.3 Å². The van der Waals surface area contributed by atoms with Crippen molar-refractivity contribution in [3.63, 3.8) is 0 Å². The molecule has 2 rings (SSSR count). The Hall–Kier alpha value is -1.85. The molecule has 1 aliphatic heterocycles. The molecule has 1 fully saturated rings. The molecule has 2 unspecified atom stereocenters. The van der Waals surface area contributed by atoms with Crippen molar-refractivity contribution in [2.24, 2.45) is 5.92 Å². The number of rotatable bonds is 3. The van der Waals surface area contributed by atoms with Crippen LogP contribution in [0.1, 0.15) is 25.5 Å². The van der Waals surface area contributed by atoms with Gasteiger partial charge >= 0.3 is 5.97 Å². The second-order valence-electron chi connectivity index (χ2n) is 4.75. The fourth-order valence-corrected chi connectivity index (χ4v) is 2.41. The summed E-state index contributed by atoms with van der Waals surface area (Å²) < 4.78 is 0. The first kappa shape index (κ1) is 12.6. The third-order valence-corrected chi connectivity index (χ3v) is 3.45. The molecule has 2 N–H and O–H groups in total. The van der Waals surface area contributed by atoms with Gasteiger partial charge in [0.1, 0.15) is 0 Å². The predicted octanol–water partition coefficient (Wildman–Crippen LogP) is 0.664. The number of aliphatic carboxylic acids is 1. The van der Waals surface area contributed by atoms with Crippen LogP contribution in [-0.4, -0.2) is 44.7 Å². The zero-order chi connectivity index (χ0) is 13.1. The Morgan fingerprint density at radius 1 is 1.61 bits per heavy atom. The first-order valence-electron chi connectivity index (χ1n) is 6.08. The lowest BCUT2D eigenvalue weighted by atomic mass is 9.91. The van der Waals surface area contributed by atoms with Gasteiger partial charge in [0.05, 0.1) is 12.3 Å². The Morgan fingerprint density at radius 2 is 2.39 bits per heavy atom. The van der Waals surface area contributed by atoms with Gasteiger partial charge in [0.25, 0.3) is 0 Å². The lowest BCUT2D eigenvalue weighted by Gasteiger charge is -2.36. The standard InChI is InChI=1S/C12H17N3O3/c1-8-6-9(12(17)18)3-5-15(8)11(16)7-10-2-4-13-14-10/h2,4,8-9H,3,5-7H2,1H3,(H,13,14)(H,17,18). The summed E-state index contributed by atoms with van der Waals surface area (Å²) in [5, 5.41) is 15.5. The van der Waals surface area contributed by atoms with Gasteiger partial charge in [0.15, 0.2) is 0 Å². The van der Waals surface area contributed by atoms with E-state index in [-0.39, 0.29) is 17.9 Å². The topological polar surface area (TPSA) is 86.3 Å². The van der Waals surface area contributed by atoms with E-state index >= 15 is 0 Å². The highest BCUT2D eigenvalue weighted by Gasteiger charge is 2.32. The Bertz CT molecular complexity index is 430. The monoisotopic (exact) mass is 251 g/mol. The Labute approximate surface area is 105 Å². The number of hydrogen-bond acceptors (Lipinski definition) is 3. The minimum Gasteiger partial charge on any atom is -0.481 e. The maximum Gasteiger partial charge on any atom is 0.306 e. The van der Waals surface area contributed by atoms with E-state index < -0.39 is 5.97 Å². The van der Waals surface area contributed by atoms with Crippen LogP contribution >= 0.6 is 0 Å². The minimum atomic E-state index is -0.762. The number of nitrogens with one attached hydrogen (secondary N) is 1. The SMILES string of the molecule is CC1CC(C(=O)O)CCN1C(=O)Cc1ccn[nH]1. The highest BCUT2D eigenvalue weighted by atomic mass is 16.4. The van der Waals surface area contributed by atoms with Crippen molar-refractivity contribution in [3.8, 4) is 0 Å². The molecule has 1 amide bonds. The van der Waals surface area contributed by atoms with Gasteiger partial charge in [-0.05, 0) is 25.8 Å². The number of aromatic nitrogens is 2. The molecule has 0 aliphatic carbocycles. The molecule has 2 heterocycles.